The molecular formula is C12H9Br2N3O. The van der Waals surface area contributed by atoms with E-state index in [-0.39, 0.29) is 5.91 Å². The predicted molar refractivity (Wildman–Crippen MR) is 76.6 cm³/mol. The van der Waals surface area contributed by atoms with E-state index < -0.39 is 0 Å². The molecule has 0 aromatic carbocycles. The Morgan fingerprint density at radius 3 is 2.72 bits per heavy atom. The van der Waals surface area contributed by atoms with Crippen molar-refractivity contribution >= 4 is 43.6 Å². The van der Waals surface area contributed by atoms with Crippen LogP contribution >= 0.6 is 31.9 Å². The van der Waals surface area contributed by atoms with Crippen molar-refractivity contribution in [1.82, 2.24) is 9.97 Å². The van der Waals surface area contributed by atoms with Crippen LogP contribution in [0.5, 0.6) is 0 Å². The fourth-order valence-corrected chi connectivity index (χ4v) is 1.92. The fourth-order valence-electron chi connectivity index (χ4n) is 1.34. The van der Waals surface area contributed by atoms with Crippen LogP contribution in [-0.4, -0.2) is 15.9 Å². The molecule has 0 spiro atoms. The first-order valence-electron chi connectivity index (χ1n) is 5.11. The van der Waals surface area contributed by atoms with E-state index in [1.807, 2.05) is 6.92 Å². The second-order valence-corrected chi connectivity index (χ2v) is 5.31. The van der Waals surface area contributed by atoms with Crippen LogP contribution in [0.3, 0.4) is 0 Å². The van der Waals surface area contributed by atoms with E-state index in [4.69, 9.17) is 0 Å². The Labute approximate surface area is 121 Å². The van der Waals surface area contributed by atoms with Crippen LogP contribution in [0.1, 0.15) is 15.9 Å². The van der Waals surface area contributed by atoms with Gasteiger partial charge in [-0.3, -0.25) is 4.79 Å². The van der Waals surface area contributed by atoms with Crippen LogP contribution in [0.25, 0.3) is 0 Å². The number of aryl methyl sites for hydroxylation is 1. The molecule has 1 amide bonds. The number of nitrogens with zero attached hydrogens (tertiary/aromatic N) is 2. The molecular weight excluding hydrogens is 362 g/mol. The summed E-state index contributed by atoms with van der Waals surface area (Å²) in [5, 5.41) is 2.73. The van der Waals surface area contributed by atoms with Crippen molar-refractivity contribution in [2.75, 3.05) is 5.32 Å². The monoisotopic (exact) mass is 369 g/mol. The van der Waals surface area contributed by atoms with Gasteiger partial charge >= 0.3 is 0 Å². The van der Waals surface area contributed by atoms with Gasteiger partial charge in [-0.25, -0.2) is 9.97 Å². The first kappa shape index (κ1) is 13.2. The molecule has 0 saturated carbocycles. The summed E-state index contributed by atoms with van der Waals surface area (Å²) in [5.74, 6) is 0.306. The number of rotatable bonds is 2. The van der Waals surface area contributed by atoms with E-state index >= 15 is 0 Å². The average Bonchev–Trinajstić information content (AvgIpc) is 2.34. The molecule has 2 aromatic heterocycles. The summed E-state index contributed by atoms with van der Waals surface area (Å²) in [7, 11) is 0. The third-order valence-electron chi connectivity index (χ3n) is 2.28. The molecule has 0 bridgehead atoms. The number of anilines is 1. The molecule has 6 heteroatoms. The number of halogens is 2. The third-order valence-corrected chi connectivity index (χ3v) is 3.54. The van der Waals surface area contributed by atoms with Crippen molar-refractivity contribution in [3.8, 4) is 0 Å². The van der Waals surface area contributed by atoms with Crippen molar-refractivity contribution in [3.63, 3.8) is 0 Å². The van der Waals surface area contributed by atoms with E-state index in [1.165, 1.54) is 0 Å². The average molecular weight is 371 g/mol. The summed E-state index contributed by atoms with van der Waals surface area (Å²) >= 11 is 6.58. The lowest BCUT2D eigenvalue weighted by atomic mass is 10.2. The van der Waals surface area contributed by atoms with Gasteiger partial charge in [0.15, 0.2) is 0 Å². The van der Waals surface area contributed by atoms with E-state index in [0.717, 1.165) is 10.0 Å². The first-order chi connectivity index (χ1) is 8.56. The molecule has 4 nitrogen and oxygen atoms in total. The lowest BCUT2D eigenvalue weighted by molar-refractivity contribution is 0.102. The lowest BCUT2D eigenvalue weighted by Crippen LogP contribution is -2.13. The van der Waals surface area contributed by atoms with Crippen LogP contribution < -0.4 is 5.32 Å². The smallest absolute Gasteiger partial charge is 0.256 e. The maximum absolute atomic E-state index is 12.0. The van der Waals surface area contributed by atoms with Gasteiger partial charge in [0.25, 0.3) is 5.91 Å². The largest absolute Gasteiger partial charge is 0.307 e. The highest BCUT2D eigenvalue weighted by Gasteiger charge is 2.08. The molecule has 18 heavy (non-hydrogen) atoms. The number of hydrogen-bond acceptors (Lipinski definition) is 3. The molecule has 0 unspecified atom stereocenters. The predicted octanol–water partition coefficient (Wildman–Crippen LogP) is 3.56. The fraction of sp³-hybridized carbons (Fsp3) is 0.0833. The van der Waals surface area contributed by atoms with Crippen molar-refractivity contribution in [2.45, 2.75) is 6.92 Å². The topological polar surface area (TPSA) is 54.9 Å². The number of carbonyl (C=O) groups is 1. The highest BCUT2D eigenvalue weighted by atomic mass is 79.9. The van der Waals surface area contributed by atoms with Crippen molar-refractivity contribution in [1.29, 1.82) is 0 Å². The quantitative estimate of drug-likeness (QED) is 0.822. The molecule has 0 radical (unpaired) electrons. The summed E-state index contributed by atoms with van der Waals surface area (Å²) in [4.78, 5) is 20.0. The van der Waals surface area contributed by atoms with Gasteiger partial charge in [-0.15, -0.1) is 0 Å². The van der Waals surface area contributed by atoms with Crippen LogP contribution in [0.15, 0.2) is 39.7 Å². The minimum Gasteiger partial charge on any atom is -0.307 e. The molecule has 0 aliphatic heterocycles. The highest BCUT2D eigenvalue weighted by molar-refractivity contribution is 9.10. The van der Waals surface area contributed by atoms with E-state index in [0.29, 0.717) is 16.0 Å². The zero-order valence-electron chi connectivity index (χ0n) is 9.45. The summed E-state index contributed by atoms with van der Waals surface area (Å²) in [5.41, 5.74) is 1.54. The maximum atomic E-state index is 12.0. The number of nitrogens with one attached hydrogen (secondary N) is 1. The van der Waals surface area contributed by atoms with E-state index in [1.54, 1.807) is 30.6 Å². The molecule has 0 aliphatic rings. The van der Waals surface area contributed by atoms with Gasteiger partial charge in [0.2, 0.25) is 0 Å². The molecule has 0 aliphatic carbocycles. The normalized spacial score (nSPS) is 10.2. The number of pyridine rings is 2. The van der Waals surface area contributed by atoms with E-state index in [9.17, 15) is 4.79 Å². The van der Waals surface area contributed by atoms with Crippen molar-refractivity contribution in [3.05, 3.63) is 50.8 Å². The van der Waals surface area contributed by atoms with Gasteiger partial charge in [0, 0.05) is 22.4 Å². The molecule has 0 saturated heterocycles. The highest BCUT2D eigenvalue weighted by Crippen LogP contribution is 2.18. The summed E-state index contributed by atoms with van der Waals surface area (Å²) in [6, 6.07) is 5.10. The lowest BCUT2D eigenvalue weighted by Gasteiger charge is -2.06. The second-order valence-electron chi connectivity index (χ2n) is 3.64. The molecule has 1 N–H and O–H groups in total. The van der Waals surface area contributed by atoms with Gasteiger partial charge < -0.3 is 5.32 Å². The first-order valence-corrected chi connectivity index (χ1v) is 6.70. The summed E-state index contributed by atoms with van der Waals surface area (Å²) in [6.45, 7) is 1.93. The summed E-state index contributed by atoms with van der Waals surface area (Å²) < 4.78 is 1.53. The van der Waals surface area contributed by atoms with E-state index in [2.05, 4.69) is 47.1 Å². The molecule has 0 atom stereocenters. The molecule has 2 heterocycles. The minimum atomic E-state index is -0.215. The number of amides is 1. The van der Waals surface area contributed by atoms with Crippen LogP contribution in [0.2, 0.25) is 0 Å². The van der Waals surface area contributed by atoms with Crippen molar-refractivity contribution in [2.24, 2.45) is 0 Å². The Bertz CT molecular complexity index is 602. The Hall–Kier alpha value is -1.27. The van der Waals surface area contributed by atoms with Gasteiger partial charge in [0.1, 0.15) is 10.4 Å². The van der Waals surface area contributed by atoms with Gasteiger partial charge in [-0.1, -0.05) is 0 Å². The number of aromatic nitrogens is 2. The SMILES string of the molecule is Cc1cc(NC(=O)c2ccnc(Br)c2)ncc1Br. The second kappa shape index (κ2) is 5.58. The van der Waals surface area contributed by atoms with Crippen LogP contribution in [0, 0.1) is 6.92 Å². The number of hydrogen-bond donors (Lipinski definition) is 1. The molecule has 2 aromatic rings. The number of carbonyl (C=O) groups excluding carboxylic acids is 1. The zero-order valence-corrected chi connectivity index (χ0v) is 12.6. The molecule has 0 fully saturated rings. The minimum absolute atomic E-state index is 0.215. The Balaban J connectivity index is 2.18. The standard InChI is InChI=1S/C12H9Br2N3O/c1-7-4-11(16-6-9(7)13)17-12(18)8-2-3-15-10(14)5-8/h2-6H,1H3,(H,16,17,18). The Morgan fingerprint density at radius 1 is 1.28 bits per heavy atom. The molecule has 92 valence electrons. The Kier molecular flexibility index (Phi) is 4.08. The van der Waals surface area contributed by atoms with Crippen molar-refractivity contribution < 1.29 is 4.79 Å². The Morgan fingerprint density at radius 2 is 2.06 bits per heavy atom. The van der Waals surface area contributed by atoms with Gasteiger partial charge in [0.05, 0.1) is 0 Å². The van der Waals surface area contributed by atoms with Gasteiger partial charge in [-0.05, 0) is 62.5 Å². The van der Waals surface area contributed by atoms with Crippen LogP contribution in [-0.2, 0) is 0 Å². The maximum Gasteiger partial charge on any atom is 0.256 e. The third kappa shape index (κ3) is 3.14. The van der Waals surface area contributed by atoms with Crippen LogP contribution in [0.4, 0.5) is 5.82 Å². The van der Waals surface area contributed by atoms with Gasteiger partial charge in [-0.2, -0.15) is 0 Å². The summed E-state index contributed by atoms with van der Waals surface area (Å²) in [6.07, 6.45) is 3.23. The molecule has 2 rings (SSSR count). The zero-order chi connectivity index (χ0) is 13.1.